The van der Waals surface area contributed by atoms with Crippen molar-refractivity contribution in [3.8, 4) is 5.75 Å². The van der Waals surface area contributed by atoms with E-state index >= 15 is 0 Å². The Balaban J connectivity index is 2.07. The Bertz CT molecular complexity index is 503. The summed E-state index contributed by atoms with van der Waals surface area (Å²) >= 11 is 4.63. The van der Waals surface area contributed by atoms with Crippen molar-refractivity contribution >= 4 is 32.4 Å². The number of hydrogen-bond donors (Lipinski definition) is 1. The highest BCUT2D eigenvalue weighted by atomic mass is 79.9. The highest BCUT2D eigenvalue weighted by Gasteiger charge is 2.05. The first-order chi connectivity index (χ1) is 7.65. The Morgan fingerprint density at radius 3 is 3.00 bits per heavy atom. The number of nitrogens with zero attached hydrogens (tertiary/aromatic N) is 1. The Kier molecular flexibility index (Phi) is 3.40. The molecule has 0 amide bonds. The lowest BCUT2D eigenvalue weighted by atomic mass is 10.3. The van der Waals surface area contributed by atoms with E-state index in [9.17, 15) is 4.39 Å². The molecule has 3 nitrogen and oxygen atoms in total. The quantitative estimate of drug-likeness (QED) is 0.947. The van der Waals surface area contributed by atoms with Crippen molar-refractivity contribution in [2.45, 2.75) is 6.61 Å². The molecule has 0 radical (unpaired) electrons. The maximum absolute atomic E-state index is 12.9. The van der Waals surface area contributed by atoms with Crippen LogP contribution in [-0.4, -0.2) is 4.98 Å². The number of ether oxygens (including phenoxy) is 1. The van der Waals surface area contributed by atoms with Crippen molar-refractivity contribution < 1.29 is 9.13 Å². The van der Waals surface area contributed by atoms with Gasteiger partial charge in [-0.05, 0) is 28.1 Å². The predicted molar refractivity (Wildman–Crippen MR) is 65.0 cm³/mol. The largest absolute Gasteiger partial charge is 0.487 e. The normalized spacial score (nSPS) is 10.4. The summed E-state index contributed by atoms with van der Waals surface area (Å²) in [6.07, 6.45) is 1.65. The standard InChI is InChI=1S/C10H8BrFN2OS/c11-8-2-1-6(12)3-9(8)15-5-7-4-14-10(13)16-7/h1-4H,5H2,(H2,13,14). The van der Waals surface area contributed by atoms with Gasteiger partial charge in [0.05, 0.1) is 9.35 Å². The van der Waals surface area contributed by atoms with Crippen LogP contribution in [0.2, 0.25) is 0 Å². The molecule has 84 valence electrons. The van der Waals surface area contributed by atoms with E-state index < -0.39 is 0 Å². The number of thiazole rings is 1. The average molecular weight is 303 g/mol. The van der Waals surface area contributed by atoms with Crippen LogP contribution in [0.1, 0.15) is 4.88 Å². The summed E-state index contributed by atoms with van der Waals surface area (Å²) < 4.78 is 19.1. The Labute approximate surface area is 104 Å². The number of benzene rings is 1. The summed E-state index contributed by atoms with van der Waals surface area (Å²) in [6.45, 7) is 0.330. The van der Waals surface area contributed by atoms with Crippen molar-refractivity contribution in [1.29, 1.82) is 0 Å². The van der Waals surface area contributed by atoms with Crippen molar-refractivity contribution in [3.63, 3.8) is 0 Å². The Morgan fingerprint density at radius 2 is 2.31 bits per heavy atom. The minimum atomic E-state index is -0.331. The molecule has 6 heteroatoms. The zero-order chi connectivity index (χ0) is 11.5. The Morgan fingerprint density at radius 1 is 1.50 bits per heavy atom. The van der Waals surface area contributed by atoms with E-state index in [1.807, 2.05) is 0 Å². The van der Waals surface area contributed by atoms with Gasteiger partial charge >= 0.3 is 0 Å². The number of aromatic nitrogens is 1. The van der Waals surface area contributed by atoms with Crippen LogP contribution >= 0.6 is 27.3 Å². The number of rotatable bonds is 3. The molecule has 0 atom stereocenters. The van der Waals surface area contributed by atoms with Gasteiger partial charge in [-0.25, -0.2) is 9.37 Å². The molecular weight excluding hydrogens is 295 g/mol. The van der Waals surface area contributed by atoms with Crippen LogP contribution in [0, 0.1) is 5.82 Å². The third kappa shape index (κ3) is 2.70. The van der Waals surface area contributed by atoms with Crippen LogP contribution in [0.25, 0.3) is 0 Å². The molecule has 1 heterocycles. The van der Waals surface area contributed by atoms with Gasteiger partial charge in [-0.15, -0.1) is 0 Å². The molecule has 0 aliphatic carbocycles. The highest BCUT2D eigenvalue weighted by Crippen LogP contribution is 2.27. The minimum absolute atomic E-state index is 0.330. The van der Waals surface area contributed by atoms with Crippen LogP contribution < -0.4 is 10.5 Å². The van der Waals surface area contributed by atoms with Gasteiger partial charge in [-0.2, -0.15) is 0 Å². The molecule has 0 unspecified atom stereocenters. The van der Waals surface area contributed by atoms with Gasteiger partial charge in [0.25, 0.3) is 0 Å². The molecule has 2 N–H and O–H groups in total. The molecular formula is C10H8BrFN2OS. The second-order valence-electron chi connectivity index (χ2n) is 3.03. The van der Waals surface area contributed by atoms with E-state index in [2.05, 4.69) is 20.9 Å². The van der Waals surface area contributed by atoms with Gasteiger partial charge in [0.2, 0.25) is 0 Å². The fourth-order valence-corrected chi connectivity index (χ4v) is 2.08. The van der Waals surface area contributed by atoms with Crippen molar-refractivity contribution in [2.24, 2.45) is 0 Å². The van der Waals surface area contributed by atoms with Crippen LogP contribution in [0.4, 0.5) is 9.52 Å². The molecule has 1 aromatic heterocycles. The predicted octanol–water partition coefficient (Wildman–Crippen LogP) is 3.21. The third-order valence-corrected chi connectivity index (χ3v) is 3.29. The van der Waals surface area contributed by atoms with Crippen LogP contribution in [0.5, 0.6) is 5.75 Å². The zero-order valence-electron chi connectivity index (χ0n) is 8.11. The van der Waals surface area contributed by atoms with Gasteiger partial charge in [0, 0.05) is 12.3 Å². The van der Waals surface area contributed by atoms with E-state index in [1.165, 1.54) is 23.5 Å². The molecule has 16 heavy (non-hydrogen) atoms. The number of nitrogens with two attached hydrogens (primary N) is 1. The molecule has 0 fully saturated rings. The van der Waals surface area contributed by atoms with E-state index in [1.54, 1.807) is 12.3 Å². The van der Waals surface area contributed by atoms with Gasteiger partial charge in [0.1, 0.15) is 18.2 Å². The monoisotopic (exact) mass is 302 g/mol. The summed E-state index contributed by atoms with van der Waals surface area (Å²) in [7, 11) is 0. The SMILES string of the molecule is Nc1ncc(COc2cc(F)ccc2Br)s1. The van der Waals surface area contributed by atoms with Gasteiger partial charge in [-0.3, -0.25) is 0 Å². The summed E-state index contributed by atoms with van der Waals surface area (Å²) in [5.74, 6) is 0.133. The molecule has 0 saturated heterocycles. The molecule has 2 rings (SSSR count). The highest BCUT2D eigenvalue weighted by molar-refractivity contribution is 9.10. The number of hydrogen-bond acceptors (Lipinski definition) is 4. The van der Waals surface area contributed by atoms with Gasteiger partial charge < -0.3 is 10.5 Å². The van der Waals surface area contributed by atoms with Gasteiger partial charge in [-0.1, -0.05) is 11.3 Å². The third-order valence-electron chi connectivity index (χ3n) is 1.83. The number of anilines is 1. The average Bonchev–Trinajstić information content (AvgIpc) is 2.66. The fourth-order valence-electron chi connectivity index (χ4n) is 1.13. The lowest BCUT2D eigenvalue weighted by Crippen LogP contribution is -1.94. The number of halogens is 2. The molecule has 0 aliphatic rings. The maximum atomic E-state index is 12.9. The minimum Gasteiger partial charge on any atom is -0.487 e. The number of nitrogen functional groups attached to an aromatic ring is 1. The zero-order valence-corrected chi connectivity index (χ0v) is 10.5. The van der Waals surface area contributed by atoms with E-state index in [0.29, 0.717) is 22.0 Å². The first-order valence-corrected chi connectivity index (χ1v) is 6.04. The van der Waals surface area contributed by atoms with Crippen LogP contribution in [-0.2, 0) is 6.61 Å². The molecule has 0 bridgehead atoms. The Hall–Kier alpha value is -1.14. The van der Waals surface area contributed by atoms with E-state index in [0.717, 1.165) is 4.88 Å². The van der Waals surface area contributed by atoms with Crippen molar-refractivity contribution in [3.05, 3.63) is 39.6 Å². The summed E-state index contributed by atoms with van der Waals surface area (Å²) in [4.78, 5) is 4.80. The second kappa shape index (κ2) is 4.80. The lowest BCUT2D eigenvalue weighted by Gasteiger charge is -2.06. The van der Waals surface area contributed by atoms with Crippen LogP contribution in [0.15, 0.2) is 28.9 Å². The van der Waals surface area contributed by atoms with Crippen molar-refractivity contribution in [2.75, 3.05) is 5.73 Å². The second-order valence-corrected chi connectivity index (χ2v) is 5.03. The molecule has 1 aromatic carbocycles. The van der Waals surface area contributed by atoms with Crippen molar-refractivity contribution in [1.82, 2.24) is 4.98 Å². The van der Waals surface area contributed by atoms with Crippen LogP contribution in [0.3, 0.4) is 0 Å². The summed E-state index contributed by atoms with van der Waals surface area (Å²) in [6, 6.07) is 4.29. The topological polar surface area (TPSA) is 48.1 Å². The summed E-state index contributed by atoms with van der Waals surface area (Å²) in [5, 5.41) is 0.497. The molecule has 0 aliphatic heterocycles. The molecule has 0 saturated carbocycles. The first-order valence-electron chi connectivity index (χ1n) is 4.43. The molecule has 0 spiro atoms. The summed E-state index contributed by atoms with van der Waals surface area (Å²) in [5.41, 5.74) is 5.48. The fraction of sp³-hybridized carbons (Fsp3) is 0.100. The first kappa shape index (κ1) is 11.3. The van der Waals surface area contributed by atoms with E-state index in [-0.39, 0.29) is 5.82 Å². The van der Waals surface area contributed by atoms with Gasteiger partial charge in [0.15, 0.2) is 5.13 Å². The smallest absolute Gasteiger partial charge is 0.180 e. The molecule has 2 aromatic rings. The lowest BCUT2D eigenvalue weighted by molar-refractivity contribution is 0.306. The maximum Gasteiger partial charge on any atom is 0.180 e. The van der Waals surface area contributed by atoms with E-state index in [4.69, 9.17) is 10.5 Å².